The molecule has 0 bridgehead atoms. The summed E-state index contributed by atoms with van der Waals surface area (Å²) in [5.74, 6) is -1.18. The molecule has 0 aromatic carbocycles. The molecule has 0 radical (unpaired) electrons. The highest BCUT2D eigenvalue weighted by Crippen LogP contribution is 2.40. The molecular formula is C15H25N3O3. The minimum absolute atomic E-state index is 0.0252. The van der Waals surface area contributed by atoms with E-state index in [1.54, 1.807) is 4.90 Å². The van der Waals surface area contributed by atoms with Crippen LogP contribution in [0.3, 0.4) is 0 Å². The second-order valence-electron chi connectivity index (χ2n) is 6.66. The number of fused-ring (bicyclic) bond motifs is 1. The number of aliphatic carboxylic acids is 1. The zero-order valence-electron chi connectivity index (χ0n) is 12.5. The topological polar surface area (TPSA) is 72.9 Å². The molecule has 0 aromatic rings. The van der Waals surface area contributed by atoms with Crippen LogP contribution in [0, 0.1) is 11.3 Å². The van der Waals surface area contributed by atoms with Gasteiger partial charge in [-0.05, 0) is 25.9 Å². The number of hydrogen-bond donors (Lipinski definition) is 2. The molecule has 3 rings (SSSR count). The van der Waals surface area contributed by atoms with E-state index in [9.17, 15) is 14.7 Å². The summed E-state index contributed by atoms with van der Waals surface area (Å²) in [6.45, 7) is 5.05. The van der Waals surface area contributed by atoms with Crippen LogP contribution in [0.2, 0.25) is 0 Å². The molecule has 2 N–H and O–H groups in total. The fourth-order valence-corrected chi connectivity index (χ4v) is 3.99. The van der Waals surface area contributed by atoms with E-state index in [1.165, 1.54) is 25.7 Å². The molecule has 3 fully saturated rings. The van der Waals surface area contributed by atoms with Crippen molar-refractivity contribution < 1.29 is 14.7 Å². The summed E-state index contributed by atoms with van der Waals surface area (Å²) in [6.07, 6.45) is 5.07. The third-order valence-electron chi connectivity index (χ3n) is 5.35. The number of carboxylic acid groups (broad SMARTS) is 1. The molecule has 0 unspecified atom stereocenters. The van der Waals surface area contributed by atoms with Crippen LogP contribution in [0.15, 0.2) is 0 Å². The van der Waals surface area contributed by atoms with Gasteiger partial charge in [-0.1, -0.05) is 12.8 Å². The van der Waals surface area contributed by atoms with E-state index in [0.717, 1.165) is 19.6 Å². The van der Waals surface area contributed by atoms with E-state index >= 15 is 0 Å². The standard InChI is InChI=1S/C15H25N3O3/c19-13-12-9-16-10-15(12,14(20)21)11-18(13)8-7-17-5-3-1-2-4-6-17/h12,16H,1-11H2,(H,20,21)/t12-,15-/m0/s1. The molecule has 0 saturated carbocycles. The maximum atomic E-state index is 12.4. The minimum atomic E-state index is -0.893. The Hall–Kier alpha value is -1.14. The number of rotatable bonds is 4. The molecule has 0 spiro atoms. The Morgan fingerprint density at radius 3 is 2.57 bits per heavy atom. The zero-order chi connectivity index (χ0) is 14.9. The largest absolute Gasteiger partial charge is 0.481 e. The summed E-state index contributed by atoms with van der Waals surface area (Å²) >= 11 is 0. The predicted octanol–water partition coefficient (Wildman–Crippen LogP) is -0.00500. The molecule has 2 atom stereocenters. The maximum Gasteiger partial charge on any atom is 0.313 e. The van der Waals surface area contributed by atoms with Crippen LogP contribution in [0.25, 0.3) is 0 Å². The second-order valence-corrected chi connectivity index (χ2v) is 6.66. The summed E-state index contributed by atoms with van der Waals surface area (Å²) < 4.78 is 0. The smallest absolute Gasteiger partial charge is 0.313 e. The lowest BCUT2D eigenvalue weighted by atomic mass is 9.81. The Balaban J connectivity index is 1.59. The molecule has 21 heavy (non-hydrogen) atoms. The van der Waals surface area contributed by atoms with Gasteiger partial charge in [0.1, 0.15) is 5.41 Å². The van der Waals surface area contributed by atoms with Gasteiger partial charge in [-0.2, -0.15) is 0 Å². The monoisotopic (exact) mass is 295 g/mol. The average Bonchev–Trinajstić information content (AvgIpc) is 2.87. The SMILES string of the molecule is O=C1[C@@H]2CNC[C@]2(C(=O)O)CN1CCN1CCCCCC1. The third kappa shape index (κ3) is 2.66. The molecule has 0 aliphatic carbocycles. The summed E-state index contributed by atoms with van der Waals surface area (Å²) in [4.78, 5) is 28.3. The first kappa shape index (κ1) is 14.8. The second kappa shape index (κ2) is 5.93. The van der Waals surface area contributed by atoms with Crippen molar-refractivity contribution in [2.75, 3.05) is 45.8 Å². The number of hydrogen-bond acceptors (Lipinski definition) is 4. The van der Waals surface area contributed by atoms with Gasteiger partial charge in [0, 0.05) is 32.7 Å². The predicted molar refractivity (Wildman–Crippen MR) is 77.9 cm³/mol. The number of nitrogens with one attached hydrogen (secondary N) is 1. The molecule has 3 heterocycles. The first-order valence-electron chi connectivity index (χ1n) is 8.09. The molecule has 6 heteroatoms. The van der Waals surface area contributed by atoms with Crippen molar-refractivity contribution in [3.05, 3.63) is 0 Å². The summed E-state index contributed by atoms with van der Waals surface area (Å²) in [7, 11) is 0. The van der Waals surface area contributed by atoms with Crippen molar-refractivity contribution in [3.63, 3.8) is 0 Å². The summed E-state index contributed by atoms with van der Waals surface area (Å²) in [6, 6.07) is 0. The van der Waals surface area contributed by atoms with E-state index in [1.807, 2.05) is 0 Å². The number of carbonyl (C=O) groups is 2. The van der Waals surface area contributed by atoms with Gasteiger partial charge >= 0.3 is 5.97 Å². The molecule has 1 amide bonds. The van der Waals surface area contributed by atoms with Gasteiger partial charge in [0.2, 0.25) is 5.91 Å². The Bertz CT molecular complexity index is 420. The van der Waals surface area contributed by atoms with E-state index in [-0.39, 0.29) is 11.8 Å². The lowest BCUT2D eigenvalue weighted by Crippen LogP contribution is -2.41. The number of nitrogens with zero attached hydrogens (tertiary/aromatic N) is 2. The lowest BCUT2D eigenvalue weighted by Gasteiger charge is -2.25. The van der Waals surface area contributed by atoms with Crippen LogP contribution >= 0.6 is 0 Å². The molecule has 0 aromatic heterocycles. The maximum absolute atomic E-state index is 12.4. The zero-order valence-corrected chi connectivity index (χ0v) is 12.5. The quantitative estimate of drug-likeness (QED) is 0.763. The fourth-order valence-electron chi connectivity index (χ4n) is 3.99. The Labute approximate surface area is 125 Å². The van der Waals surface area contributed by atoms with Crippen LogP contribution in [-0.4, -0.2) is 72.6 Å². The van der Waals surface area contributed by atoms with E-state index < -0.39 is 11.4 Å². The van der Waals surface area contributed by atoms with Gasteiger partial charge in [0.05, 0.1) is 5.92 Å². The number of carbonyl (C=O) groups excluding carboxylic acids is 1. The van der Waals surface area contributed by atoms with E-state index in [2.05, 4.69) is 10.2 Å². The van der Waals surface area contributed by atoms with Crippen LogP contribution in [-0.2, 0) is 9.59 Å². The van der Waals surface area contributed by atoms with E-state index in [4.69, 9.17) is 0 Å². The third-order valence-corrected chi connectivity index (χ3v) is 5.35. The molecule has 118 valence electrons. The van der Waals surface area contributed by atoms with Gasteiger partial charge in [-0.25, -0.2) is 0 Å². The van der Waals surface area contributed by atoms with E-state index in [0.29, 0.717) is 26.2 Å². The summed E-state index contributed by atoms with van der Waals surface area (Å²) in [5.41, 5.74) is -0.893. The van der Waals surface area contributed by atoms with Crippen molar-refractivity contribution in [1.82, 2.24) is 15.1 Å². The van der Waals surface area contributed by atoms with Gasteiger partial charge in [0.25, 0.3) is 0 Å². The fraction of sp³-hybridized carbons (Fsp3) is 0.867. The first-order chi connectivity index (χ1) is 10.1. The highest BCUT2D eigenvalue weighted by Gasteiger charge is 2.59. The molecule has 3 aliphatic rings. The van der Waals surface area contributed by atoms with Crippen molar-refractivity contribution in [3.8, 4) is 0 Å². The van der Waals surface area contributed by atoms with Crippen LogP contribution in [0.5, 0.6) is 0 Å². The van der Waals surface area contributed by atoms with Crippen molar-refractivity contribution in [1.29, 1.82) is 0 Å². The highest BCUT2D eigenvalue weighted by atomic mass is 16.4. The molecule has 3 aliphatic heterocycles. The van der Waals surface area contributed by atoms with Gasteiger partial charge in [0.15, 0.2) is 0 Å². The Morgan fingerprint density at radius 2 is 1.95 bits per heavy atom. The summed E-state index contributed by atoms with van der Waals surface area (Å²) in [5, 5.41) is 12.6. The number of amides is 1. The number of carboxylic acids is 1. The minimum Gasteiger partial charge on any atom is -0.481 e. The Morgan fingerprint density at radius 1 is 1.24 bits per heavy atom. The van der Waals surface area contributed by atoms with Crippen molar-refractivity contribution >= 4 is 11.9 Å². The Kier molecular flexibility index (Phi) is 4.17. The van der Waals surface area contributed by atoms with Crippen LogP contribution in [0.1, 0.15) is 25.7 Å². The van der Waals surface area contributed by atoms with Crippen LogP contribution in [0.4, 0.5) is 0 Å². The molecular weight excluding hydrogens is 270 g/mol. The first-order valence-corrected chi connectivity index (χ1v) is 8.09. The molecule has 3 saturated heterocycles. The van der Waals surface area contributed by atoms with Crippen molar-refractivity contribution in [2.24, 2.45) is 11.3 Å². The van der Waals surface area contributed by atoms with Gasteiger partial charge in [-0.15, -0.1) is 0 Å². The lowest BCUT2D eigenvalue weighted by molar-refractivity contribution is -0.149. The average molecular weight is 295 g/mol. The van der Waals surface area contributed by atoms with Crippen molar-refractivity contribution in [2.45, 2.75) is 25.7 Å². The van der Waals surface area contributed by atoms with Gasteiger partial charge in [-0.3, -0.25) is 9.59 Å². The highest BCUT2D eigenvalue weighted by molar-refractivity contribution is 5.92. The molecule has 6 nitrogen and oxygen atoms in total. The normalized spacial score (nSPS) is 34.0. The van der Waals surface area contributed by atoms with Gasteiger partial charge < -0.3 is 20.2 Å². The number of likely N-dealkylation sites (tertiary alicyclic amines) is 2. The van der Waals surface area contributed by atoms with Crippen LogP contribution < -0.4 is 5.32 Å².